The van der Waals surface area contributed by atoms with Gasteiger partial charge in [-0.05, 0) is 244 Å². The van der Waals surface area contributed by atoms with Gasteiger partial charge in [0.05, 0.1) is 0 Å². The van der Waals surface area contributed by atoms with Gasteiger partial charge in [0, 0.05) is 0 Å². The van der Waals surface area contributed by atoms with Gasteiger partial charge in [-0.15, -0.1) is 0 Å². The SMILES string of the molecule is c1ccc(-c2ccc(-c3c4ccccc4c(-c4ccccc4)c4cc(-c5ccc6ccccc6c5)ccc34)cc2)cc1.c1ccc(-c2ccc(-c3c4ccccc4c(-c4ccccc4)c4cc(-c5cccc6ccccc56)ccc34)cc2)cc1.c1ccc(-c2ccc(-c3c4ccccc4c(-c4ccccc4)c4cc(-c5ccccc5)ccc34)cc2)cc1. The first-order chi connectivity index (χ1) is 60.5. The molecule has 0 radical (unpaired) electrons. The maximum absolute atomic E-state index is 2.41. The fraction of sp³-hybridized carbons (Fsp3) is 0. The van der Waals surface area contributed by atoms with Gasteiger partial charge in [-0.25, -0.2) is 0 Å². The van der Waals surface area contributed by atoms with Crippen molar-refractivity contribution in [1.82, 2.24) is 0 Å². The number of benzene rings is 23. The topological polar surface area (TPSA) is 0 Å². The molecule has 0 atom stereocenters. The molecule has 0 fully saturated rings. The van der Waals surface area contributed by atoms with Crippen LogP contribution in [-0.4, -0.2) is 0 Å². The van der Waals surface area contributed by atoms with Crippen molar-refractivity contribution >= 4 is 86.2 Å². The Hall–Kier alpha value is -15.9. The molecule has 0 aromatic heterocycles. The van der Waals surface area contributed by atoms with Crippen LogP contribution < -0.4 is 0 Å². The van der Waals surface area contributed by atoms with E-state index in [1.54, 1.807) is 0 Å². The van der Waals surface area contributed by atoms with Gasteiger partial charge in [-0.1, -0.05) is 473 Å². The first kappa shape index (κ1) is 73.7. The smallest absolute Gasteiger partial charge is 0.00262 e. The Kier molecular flexibility index (Phi) is 19.9. The molecule has 0 saturated carbocycles. The number of hydrogen-bond donors (Lipinski definition) is 0. The van der Waals surface area contributed by atoms with Crippen LogP contribution in [0.1, 0.15) is 0 Å². The van der Waals surface area contributed by atoms with Gasteiger partial charge in [0.2, 0.25) is 0 Å². The van der Waals surface area contributed by atoms with Crippen molar-refractivity contribution in [3.05, 3.63) is 497 Å². The summed E-state index contributed by atoms with van der Waals surface area (Å²) >= 11 is 0. The van der Waals surface area contributed by atoms with Crippen molar-refractivity contribution in [2.75, 3.05) is 0 Å². The van der Waals surface area contributed by atoms with Crippen LogP contribution in [0.15, 0.2) is 497 Å². The lowest BCUT2D eigenvalue weighted by Crippen LogP contribution is -1.92. The van der Waals surface area contributed by atoms with Crippen LogP contribution >= 0.6 is 0 Å². The van der Waals surface area contributed by atoms with E-state index < -0.39 is 0 Å². The lowest BCUT2D eigenvalue weighted by Gasteiger charge is -2.19. The molecule has 0 amide bonds. The van der Waals surface area contributed by atoms with Crippen LogP contribution in [0.4, 0.5) is 0 Å². The summed E-state index contributed by atoms with van der Waals surface area (Å²) in [5.41, 5.74) is 29.9. The summed E-state index contributed by atoms with van der Waals surface area (Å²) in [6, 6.07) is 180. The molecule has 0 N–H and O–H groups in total. The highest BCUT2D eigenvalue weighted by Gasteiger charge is 2.23. The molecule has 122 heavy (non-hydrogen) atoms. The normalized spacial score (nSPS) is 11.3. The first-order valence-electron chi connectivity index (χ1n) is 42.2. The van der Waals surface area contributed by atoms with E-state index in [9.17, 15) is 0 Å². The molecular formula is C122H82. The lowest BCUT2D eigenvalue weighted by atomic mass is 9.84. The van der Waals surface area contributed by atoms with E-state index in [1.165, 1.54) is 220 Å². The zero-order valence-corrected chi connectivity index (χ0v) is 67.3. The second-order valence-electron chi connectivity index (χ2n) is 31.6. The standard InChI is InChI=1S/2C42H28.C38H26/c1-3-12-29(13-4-1)30-22-24-33(25-23-30)41-37-19-9-10-20-38(37)42(32-15-5-2-6-16-32)40-28-34(26-27-39(40)41)36-21-11-17-31-14-7-8-18-35(31)36;1-3-11-29(12-4-1)31-19-22-33(23-20-31)41-37-17-9-10-18-38(37)42(32-14-5-2-6-15-32)40-28-36(25-26-39(40)41)35-24-21-30-13-7-8-16-34(30)27-35;1-4-12-27(13-5-1)29-20-22-31(23-21-29)37-33-18-10-11-19-34(33)38(30-16-8-3-9-17-30)36-26-32(24-25-35(36)37)28-14-6-2-7-15-28/h2*1-28H;1-26H. The van der Waals surface area contributed by atoms with Crippen molar-refractivity contribution in [2.24, 2.45) is 0 Å². The van der Waals surface area contributed by atoms with Crippen molar-refractivity contribution in [3.8, 4) is 134 Å². The van der Waals surface area contributed by atoms with Crippen molar-refractivity contribution in [3.63, 3.8) is 0 Å². The predicted molar refractivity (Wildman–Crippen MR) is 525 cm³/mol. The van der Waals surface area contributed by atoms with E-state index in [4.69, 9.17) is 0 Å². The molecule has 0 aliphatic carbocycles. The molecule has 0 nitrogen and oxygen atoms in total. The number of hydrogen-bond acceptors (Lipinski definition) is 0. The summed E-state index contributed by atoms with van der Waals surface area (Å²) in [6.45, 7) is 0. The number of rotatable bonds is 12. The Bertz CT molecular complexity index is 7750. The monoisotopic (exact) mass is 1550 g/mol. The molecular weight excluding hydrogens is 1470 g/mol. The third kappa shape index (κ3) is 14.2. The third-order valence-corrected chi connectivity index (χ3v) is 24.4. The van der Waals surface area contributed by atoms with Crippen LogP contribution in [0.3, 0.4) is 0 Å². The molecule has 0 aliphatic heterocycles. The zero-order valence-electron chi connectivity index (χ0n) is 67.3. The minimum atomic E-state index is 1.23. The van der Waals surface area contributed by atoms with E-state index in [0.29, 0.717) is 0 Å². The Morgan fingerprint density at radius 2 is 0.279 bits per heavy atom. The molecule has 0 bridgehead atoms. The molecule has 0 heterocycles. The largest absolute Gasteiger partial charge is 0.0622 e. The summed E-state index contributed by atoms with van der Waals surface area (Å²) in [5.74, 6) is 0. The minimum Gasteiger partial charge on any atom is -0.0622 e. The van der Waals surface area contributed by atoms with E-state index in [2.05, 4.69) is 497 Å². The highest BCUT2D eigenvalue weighted by atomic mass is 14.3. The van der Waals surface area contributed by atoms with E-state index in [0.717, 1.165) is 0 Å². The second-order valence-corrected chi connectivity index (χ2v) is 31.6. The van der Waals surface area contributed by atoms with Gasteiger partial charge in [0.15, 0.2) is 0 Å². The fourth-order valence-electron chi connectivity index (χ4n) is 18.6. The van der Waals surface area contributed by atoms with Crippen LogP contribution in [0.25, 0.3) is 220 Å². The molecule has 23 rings (SSSR count). The average Bonchev–Trinajstić information content (AvgIpc) is 0.739. The van der Waals surface area contributed by atoms with Gasteiger partial charge >= 0.3 is 0 Å². The summed E-state index contributed by atoms with van der Waals surface area (Å²) in [4.78, 5) is 0. The Balaban J connectivity index is 0.000000113. The first-order valence-corrected chi connectivity index (χ1v) is 42.2. The Morgan fingerprint density at radius 3 is 0.631 bits per heavy atom. The van der Waals surface area contributed by atoms with Gasteiger partial charge < -0.3 is 0 Å². The zero-order chi connectivity index (χ0) is 81.1. The molecule has 23 aromatic carbocycles. The van der Waals surface area contributed by atoms with Crippen LogP contribution in [0.5, 0.6) is 0 Å². The average molecular weight is 1550 g/mol. The Morgan fingerprint density at radius 1 is 0.0820 bits per heavy atom. The predicted octanol–water partition coefficient (Wildman–Crippen LogP) is 34.3. The van der Waals surface area contributed by atoms with Crippen molar-refractivity contribution < 1.29 is 0 Å². The summed E-state index contributed by atoms with van der Waals surface area (Å²) in [5, 5.41) is 20.3. The highest BCUT2D eigenvalue weighted by Crippen LogP contribution is 2.50. The van der Waals surface area contributed by atoms with E-state index in [-0.39, 0.29) is 0 Å². The second kappa shape index (κ2) is 32.9. The summed E-state index contributed by atoms with van der Waals surface area (Å²) in [7, 11) is 0. The van der Waals surface area contributed by atoms with Crippen LogP contribution in [-0.2, 0) is 0 Å². The van der Waals surface area contributed by atoms with Crippen LogP contribution in [0.2, 0.25) is 0 Å². The summed E-state index contributed by atoms with van der Waals surface area (Å²) < 4.78 is 0. The quantitative estimate of drug-likeness (QED) is 0.107. The van der Waals surface area contributed by atoms with Gasteiger partial charge in [-0.2, -0.15) is 0 Å². The molecule has 0 heteroatoms. The maximum Gasteiger partial charge on any atom is -0.00262 e. The van der Waals surface area contributed by atoms with Gasteiger partial charge in [0.1, 0.15) is 0 Å². The van der Waals surface area contributed by atoms with Crippen LogP contribution in [0, 0.1) is 0 Å². The molecule has 570 valence electrons. The fourth-order valence-corrected chi connectivity index (χ4v) is 18.6. The van der Waals surface area contributed by atoms with Crippen molar-refractivity contribution in [2.45, 2.75) is 0 Å². The van der Waals surface area contributed by atoms with E-state index >= 15 is 0 Å². The van der Waals surface area contributed by atoms with Gasteiger partial charge in [0.25, 0.3) is 0 Å². The molecule has 0 unspecified atom stereocenters. The molecule has 0 saturated heterocycles. The number of fused-ring (bicyclic) bond motifs is 8. The Labute approximate surface area is 712 Å². The summed E-state index contributed by atoms with van der Waals surface area (Å²) in [6.07, 6.45) is 0. The molecule has 0 spiro atoms. The van der Waals surface area contributed by atoms with Gasteiger partial charge in [-0.3, -0.25) is 0 Å². The van der Waals surface area contributed by atoms with E-state index in [1.807, 2.05) is 0 Å². The lowest BCUT2D eigenvalue weighted by molar-refractivity contribution is 1.61. The third-order valence-electron chi connectivity index (χ3n) is 24.4. The molecule has 23 aromatic rings. The minimum absolute atomic E-state index is 1.23. The highest BCUT2D eigenvalue weighted by molar-refractivity contribution is 6.25. The van der Waals surface area contributed by atoms with Crippen molar-refractivity contribution in [1.29, 1.82) is 0 Å². The maximum atomic E-state index is 2.41. The molecule has 0 aliphatic rings.